The molecule has 1 fully saturated rings. The van der Waals surface area contributed by atoms with Gasteiger partial charge in [-0.1, -0.05) is 55.8 Å². The number of carbonyl (C=O) groups is 1. The van der Waals surface area contributed by atoms with E-state index in [-0.39, 0.29) is 17.2 Å². The van der Waals surface area contributed by atoms with Crippen molar-refractivity contribution in [2.24, 2.45) is 13.0 Å². The van der Waals surface area contributed by atoms with Crippen molar-refractivity contribution in [3.8, 4) is 11.4 Å². The molecule has 0 atom stereocenters. The van der Waals surface area contributed by atoms with Crippen molar-refractivity contribution in [2.75, 3.05) is 5.32 Å². The van der Waals surface area contributed by atoms with E-state index in [1.54, 1.807) is 6.07 Å². The van der Waals surface area contributed by atoms with Crippen LogP contribution in [-0.2, 0) is 17.3 Å². The molecule has 1 amide bonds. The average Bonchev–Trinajstić information content (AvgIpc) is 3.40. The van der Waals surface area contributed by atoms with Gasteiger partial charge in [-0.15, -0.1) is 10.2 Å². The molecule has 0 aliphatic heterocycles. The lowest BCUT2D eigenvalue weighted by Gasteiger charge is -2.15. The van der Waals surface area contributed by atoms with Gasteiger partial charge in [-0.05, 0) is 36.6 Å². The molecule has 28 heavy (non-hydrogen) atoms. The summed E-state index contributed by atoms with van der Waals surface area (Å²) in [6.07, 6.45) is 2.13. The predicted molar refractivity (Wildman–Crippen MR) is 111 cm³/mol. The summed E-state index contributed by atoms with van der Waals surface area (Å²) in [6.45, 7) is 3.71. The van der Waals surface area contributed by atoms with E-state index in [9.17, 15) is 4.79 Å². The van der Waals surface area contributed by atoms with Gasteiger partial charge >= 0.3 is 0 Å². The molecule has 0 radical (unpaired) electrons. The molecule has 144 valence electrons. The number of rotatable bonds is 5. The van der Waals surface area contributed by atoms with Crippen molar-refractivity contribution in [1.82, 2.24) is 14.8 Å². The molecule has 0 unspecified atom stereocenters. The van der Waals surface area contributed by atoms with E-state index in [1.807, 2.05) is 43.7 Å². The molecule has 6 heteroatoms. The number of hydrogen-bond acceptors (Lipinski definition) is 3. The van der Waals surface area contributed by atoms with Crippen molar-refractivity contribution in [1.29, 1.82) is 0 Å². The molecule has 1 aliphatic carbocycles. The van der Waals surface area contributed by atoms with Gasteiger partial charge < -0.3 is 9.88 Å². The number of hydrogen-bond donors (Lipinski definition) is 1. The summed E-state index contributed by atoms with van der Waals surface area (Å²) >= 11 is 6.52. The lowest BCUT2D eigenvalue weighted by Crippen LogP contribution is -2.17. The minimum Gasteiger partial charge on any atom is -0.326 e. The van der Waals surface area contributed by atoms with Gasteiger partial charge in [0.05, 0.1) is 10.4 Å². The minimum atomic E-state index is -0.0903. The number of nitrogens with zero attached hydrogens (tertiary/aromatic N) is 3. The molecule has 1 heterocycles. The van der Waals surface area contributed by atoms with Gasteiger partial charge in [0.15, 0.2) is 5.82 Å². The number of aromatic nitrogens is 3. The highest BCUT2D eigenvalue weighted by Gasteiger charge is 2.49. The van der Waals surface area contributed by atoms with Gasteiger partial charge in [0.2, 0.25) is 5.91 Å². The molecule has 5 nitrogen and oxygen atoms in total. The summed E-state index contributed by atoms with van der Waals surface area (Å²) in [5.41, 5.74) is 2.70. The third kappa shape index (κ3) is 3.20. The lowest BCUT2D eigenvalue weighted by molar-refractivity contribution is -0.118. The third-order valence-electron chi connectivity index (χ3n) is 5.38. The van der Waals surface area contributed by atoms with Crippen molar-refractivity contribution >= 4 is 23.2 Å². The first kappa shape index (κ1) is 18.7. The Morgan fingerprint density at radius 2 is 1.86 bits per heavy atom. The molecule has 0 saturated heterocycles. The SMILES string of the molecule is CC(C)C(=O)Nc1ccc(-c2nnc(C3(c4ccccc4)CC3)n2C)c(Cl)c1. The van der Waals surface area contributed by atoms with Crippen LogP contribution < -0.4 is 5.32 Å². The zero-order valence-electron chi connectivity index (χ0n) is 16.2. The topological polar surface area (TPSA) is 59.8 Å². The van der Waals surface area contributed by atoms with E-state index < -0.39 is 0 Å². The Kier molecular flexibility index (Phi) is 4.71. The van der Waals surface area contributed by atoms with Crippen LogP contribution in [0.5, 0.6) is 0 Å². The Morgan fingerprint density at radius 1 is 1.14 bits per heavy atom. The minimum absolute atomic E-state index is 0.0386. The second-order valence-electron chi connectivity index (χ2n) is 7.69. The first-order valence-electron chi connectivity index (χ1n) is 9.48. The maximum absolute atomic E-state index is 11.9. The summed E-state index contributed by atoms with van der Waals surface area (Å²) < 4.78 is 2.04. The Balaban J connectivity index is 1.66. The predicted octanol–water partition coefficient (Wildman–Crippen LogP) is 4.81. The quantitative estimate of drug-likeness (QED) is 0.675. The van der Waals surface area contributed by atoms with Crippen LogP contribution in [0, 0.1) is 5.92 Å². The second-order valence-corrected chi connectivity index (χ2v) is 8.10. The van der Waals surface area contributed by atoms with Crippen LogP contribution in [0.1, 0.15) is 38.1 Å². The van der Waals surface area contributed by atoms with Crippen molar-refractivity contribution < 1.29 is 4.79 Å². The molecule has 3 aromatic rings. The molecule has 1 aromatic heterocycles. The largest absolute Gasteiger partial charge is 0.326 e. The van der Waals surface area contributed by atoms with E-state index >= 15 is 0 Å². The molecule has 0 spiro atoms. The standard InChI is InChI=1S/C22H23ClN4O/c1-14(2)20(28)24-16-9-10-17(18(23)13-16)19-25-26-21(27(19)3)22(11-12-22)15-7-5-4-6-8-15/h4-10,13-14H,11-12H2,1-3H3,(H,24,28). The Labute approximate surface area is 169 Å². The van der Waals surface area contributed by atoms with E-state index in [4.69, 9.17) is 11.6 Å². The number of anilines is 1. The zero-order chi connectivity index (χ0) is 19.9. The Bertz CT molecular complexity index is 1020. The number of halogens is 1. The fourth-order valence-electron chi connectivity index (χ4n) is 3.56. The molecule has 2 aromatic carbocycles. The monoisotopic (exact) mass is 394 g/mol. The van der Waals surface area contributed by atoms with E-state index in [2.05, 4.69) is 39.8 Å². The smallest absolute Gasteiger partial charge is 0.226 e. The van der Waals surface area contributed by atoms with Gasteiger partial charge in [-0.25, -0.2) is 0 Å². The van der Waals surface area contributed by atoms with Crippen LogP contribution in [0.4, 0.5) is 5.69 Å². The highest BCUT2D eigenvalue weighted by molar-refractivity contribution is 6.33. The van der Waals surface area contributed by atoms with Crippen LogP contribution in [-0.4, -0.2) is 20.7 Å². The van der Waals surface area contributed by atoms with Gasteiger partial charge in [-0.3, -0.25) is 4.79 Å². The fourth-order valence-corrected chi connectivity index (χ4v) is 3.83. The number of benzene rings is 2. The molecule has 1 saturated carbocycles. The summed E-state index contributed by atoms with van der Waals surface area (Å²) in [4.78, 5) is 11.9. The van der Waals surface area contributed by atoms with Gasteiger partial charge in [0, 0.05) is 24.2 Å². The van der Waals surface area contributed by atoms with Crippen molar-refractivity contribution in [3.63, 3.8) is 0 Å². The summed E-state index contributed by atoms with van der Waals surface area (Å²) in [6, 6.07) is 16.0. The average molecular weight is 395 g/mol. The summed E-state index contributed by atoms with van der Waals surface area (Å²) in [7, 11) is 1.98. The van der Waals surface area contributed by atoms with Crippen LogP contribution in [0.3, 0.4) is 0 Å². The van der Waals surface area contributed by atoms with Gasteiger partial charge in [0.1, 0.15) is 5.82 Å². The summed E-state index contributed by atoms with van der Waals surface area (Å²) in [5, 5.41) is 12.4. The highest BCUT2D eigenvalue weighted by Crippen LogP contribution is 2.53. The van der Waals surface area contributed by atoms with Crippen LogP contribution in [0.25, 0.3) is 11.4 Å². The summed E-state index contributed by atoms with van der Waals surface area (Å²) in [5.74, 6) is 1.56. The zero-order valence-corrected chi connectivity index (χ0v) is 17.0. The van der Waals surface area contributed by atoms with E-state index in [0.29, 0.717) is 10.7 Å². The normalized spacial score (nSPS) is 14.9. The second kappa shape index (κ2) is 7.06. The molecule has 0 bridgehead atoms. The molecular formula is C22H23ClN4O. The maximum Gasteiger partial charge on any atom is 0.226 e. The maximum atomic E-state index is 11.9. The molecule has 1 aliphatic rings. The van der Waals surface area contributed by atoms with E-state index in [0.717, 1.165) is 30.1 Å². The van der Waals surface area contributed by atoms with Gasteiger partial charge in [-0.2, -0.15) is 0 Å². The van der Waals surface area contributed by atoms with Crippen LogP contribution >= 0.6 is 11.6 Å². The third-order valence-corrected chi connectivity index (χ3v) is 5.69. The molecule has 4 rings (SSSR count). The van der Waals surface area contributed by atoms with Crippen LogP contribution in [0.2, 0.25) is 5.02 Å². The lowest BCUT2D eigenvalue weighted by atomic mass is 9.95. The number of amides is 1. The first-order valence-corrected chi connectivity index (χ1v) is 9.86. The van der Waals surface area contributed by atoms with Crippen molar-refractivity contribution in [3.05, 3.63) is 64.9 Å². The van der Waals surface area contributed by atoms with E-state index in [1.165, 1.54) is 5.56 Å². The van der Waals surface area contributed by atoms with Crippen molar-refractivity contribution in [2.45, 2.75) is 32.1 Å². The number of nitrogens with one attached hydrogen (secondary N) is 1. The molecule has 1 N–H and O–H groups in total. The first-order chi connectivity index (χ1) is 13.4. The Hall–Kier alpha value is -2.66. The fraction of sp³-hybridized carbons (Fsp3) is 0.318. The molecular weight excluding hydrogens is 372 g/mol. The van der Waals surface area contributed by atoms with Crippen LogP contribution in [0.15, 0.2) is 48.5 Å². The Morgan fingerprint density at radius 3 is 2.46 bits per heavy atom. The van der Waals surface area contributed by atoms with Gasteiger partial charge in [0.25, 0.3) is 0 Å². The number of carbonyl (C=O) groups excluding carboxylic acids is 1. The highest BCUT2D eigenvalue weighted by atomic mass is 35.5.